The summed E-state index contributed by atoms with van der Waals surface area (Å²) in [5.41, 5.74) is 0.275. The molecule has 1 aromatic rings. The first-order valence-electron chi connectivity index (χ1n) is 5.24. The Morgan fingerprint density at radius 2 is 2.00 bits per heavy atom. The Morgan fingerprint density at radius 3 is 2.56 bits per heavy atom. The van der Waals surface area contributed by atoms with E-state index < -0.39 is 5.60 Å². The van der Waals surface area contributed by atoms with Crippen molar-refractivity contribution in [2.75, 3.05) is 11.9 Å². The monoisotopic (exact) mass is 349 g/mol. The molecule has 0 heterocycles. The summed E-state index contributed by atoms with van der Waals surface area (Å²) in [6, 6.07) is 5.92. The van der Waals surface area contributed by atoms with Crippen LogP contribution >= 0.6 is 31.9 Å². The van der Waals surface area contributed by atoms with Gasteiger partial charge in [0.15, 0.2) is 0 Å². The molecule has 0 saturated carbocycles. The van der Waals surface area contributed by atoms with E-state index in [0.717, 1.165) is 14.6 Å². The Morgan fingerprint density at radius 1 is 1.38 bits per heavy atom. The lowest BCUT2D eigenvalue weighted by Gasteiger charge is -2.28. The summed E-state index contributed by atoms with van der Waals surface area (Å²) >= 11 is 6.89. The molecule has 2 N–H and O–H groups in total. The number of benzene rings is 1. The Labute approximate surface area is 114 Å². The molecule has 16 heavy (non-hydrogen) atoms. The minimum Gasteiger partial charge on any atom is -0.388 e. The van der Waals surface area contributed by atoms with Gasteiger partial charge in [-0.3, -0.25) is 0 Å². The first-order chi connectivity index (χ1) is 7.33. The molecular weight excluding hydrogens is 334 g/mol. The van der Waals surface area contributed by atoms with Crippen LogP contribution < -0.4 is 5.32 Å². The second kappa shape index (κ2) is 5.52. The lowest BCUT2D eigenvalue weighted by Crippen LogP contribution is -2.38. The third-order valence-corrected chi connectivity index (χ3v) is 3.99. The SMILES string of the molecule is CC(C)C(C)(O)CNc1cc(Br)ccc1Br. The highest BCUT2D eigenvalue weighted by Gasteiger charge is 2.24. The summed E-state index contributed by atoms with van der Waals surface area (Å²) in [6.45, 7) is 6.39. The van der Waals surface area contributed by atoms with Gasteiger partial charge in [0.25, 0.3) is 0 Å². The molecule has 2 nitrogen and oxygen atoms in total. The smallest absolute Gasteiger partial charge is 0.0813 e. The fraction of sp³-hybridized carbons (Fsp3) is 0.500. The lowest BCUT2D eigenvalue weighted by atomic mass is 9.92. The molecule has 0 saturated heterocycles. The van der Waals surface area contributed by atoms with E-state index in [1.54, 1.807) is 0 Å². The van der Waals surface area contributed by atoms with Gasteiger partial charge < -0.3 is 10.4 Å². The molecule has 90 valence electrons. The second-order valence-corrected chi connectivity index (χ2v) is 6.26. The van der Waals surface area contributed by atoms with E-state index in [1.165, 1.54) is 0 Å². The normalized spacial score (nSPS) is 14.9. The molecule has 0 aliphatic carbocycles. The Hall–Kier alpha value is -0.0600. The minimum absolute atomic E-state index is 0.214. The number of hydrogen-bond donors (Lipinski definition) is 2. The molecule has 0 bridgehead atoms. The summed E-state index contributed by atoms with van der Waals surface area (Å²) in [4.78, 5) is 0. The van der Waals surface area contributed by atoms with Gasteiger partial charge >= 0.3 is 0 Å². The van der Waals surface area contributed by atoms with Crippen LogP contribution in [0.25, 0.3) is 0 Å². The zero-order valence-corrected chi connectivity index (χ0v) is 12.9. The third-order valence-electron chi connectivity index (χ3n) is 2.81. The van der Waals surface area contributed by atoms with E-state index in [2.05, 4.69) is 37.2 Å². The van der Waals surface area contributed by atoms with Gasteiger partial charge in [-0.1, -0.05) is 29.8 Å². The zero-order valence-electron chi connectivity index (χ0n) is 9.72. The van der Waals surface area contributed by atoms with Gasteiger partial charge in [0.2, 0.25) is 0 Å². The number of halogens is 2. The quantitative estimate of drug-likeness (QED) is 0.859. The molecule has 1 rings (SSSR count). The number of nitrogens with one attached hydrogen (secondary N) is 1. The Kier molecular flexibility index (Phi) is 4.83. The molecule has 0 fully saturated rings. The van der Waals surface area contributed by atoms with Crippen molar-refractivity contribution in [3.8, 4) is 0 Å². The van der Waals surface area contributed by atoms with Crippen molar-refractivity contribution in [3.05, 3.63) is 27.1 Å². The molecule has 1 unspecified atom stereocenters. The van der Waals surface area contributed by atoms with E-state index in [1.807, 2.05) is 39.0 Å². The van der Waals surface area contributed by atoms with Crippen molar-refractivity contribution in [2.24, 2.45) is 5.92 Å². The van der Waals surface area contributed by atoms with Gasteiger partial charge in [-0.25, -0.2) is 0 Å². The van der Waals surface area contributed by atoms with Crippen molar-refractivity contribution in [2.45, 2.75) is 26.4 Å². The van der Waals surface area contributed by atoms with Crippen molar-refractivity contribution >= 4 is 37.5 Å². The topological polar surface area (TPSA) is 32.3 Å². The van der Waals surface area contributed by atoms with E-state index in [9.17, 15) is 5.11 Å². The van der Waals surface area contributed by atoms with Crippen LogP contribution in [-0.2, 0) is 0 Å². The maximum atomic E-state index is 10.1. The van der Waals surface area contributed by atoms with Crippen LogP contribution in [0.15, 0.2) is 27.1 Å². The van der Waals surface area contributed by atoms with Gasteiger partial charge in [0.05, 0.1) is 5.60 Å². The van der Waals surface area contributed by atoms with Crippen LogP contribution in [0.5, 0.6) is 0 Å². The van der Waals surface area contributed by atoms with Gasteiger partial charge in [0.1, 0.15) is 0 Å². The standard InChI is InChI=1S/C12H17Br2NO/c1-8(2)12(3,16)7-15-11-6-9(13)4-5-10(11)14/h4-6,8,15-16H,7H2,1-3H3. The summed E-state index contributed by atoms with van der Waals surface area (Å²) in [5, 5.41) is 13.4. The van der Waals surface area contributed by atoms with Crippen molar-refractivity contribution < 1.29 is 5.11 Å². The van der Waals surface area contributed by atoms with E-state index in [0.29, 0.717) is 6.54 Å². The summed E-state index contributed by atoms with van der Waals surface area (Å²) in [7, 11) is 0. The first-order valence-corrected chi connectivity index (χ1v) is 6.83. The number of aliphatic hydroxyl groups is 1. The molecule has 0 aliphatic rings. The number of anilines is 1. The maximum absolute atomic E-state index is 10.1. The number of hydrogen-bond acceptors (Lipinski definition) is 2. The second-order valence-electron chi connectivity index (χ2n) is 4.49. The molecular formula is C12H17Br2NO. The average molecular weight is 351 g/mol. The predicted octanol–water partition coefficient (Wildman–Crippen LogP) is 4.03. The van der Waals surface area contributed by atoms with Crippen molar-refractivity contribution in [3.63, 3.8) is 0 Å². The van der Waals surface area contributed by atoms with Gasteiger partial charge in [-0.05, 0) is 47.0 Å². The van der Waals surface area contributed by atoms with E-state index in [4.69, 9.17) is 0 Å². The molecule has 1 atom stereocenters. The highest BCUT2D eigenvalue weighted by atomic mass is 79.9. The molecule has 0 aliphatic heterocycles. The maximum Gasteiger partial charge on any atom is 0.0813 e. The van der Waals surface area contributed by atoms with Crippen molar-refractivity contribution in [1.29, 1.82) is 0 Å². The largest absolute Gasteiger partial charge is 0.388 e. The number of rotatable bonds is 4. The lowest BCUT2D eigenvalue weighted by molar-refractivity contribution is 0.0266. The molecule has 0 radical (unpaired) electrons. The summed E-state index contributed by atoms with van der Waals surface area (Å²) in [6.07, 6.45) is 0. The van der Waals surface area contributed by atoms with Crippen molar-refractivity contribution in [1.82, 2.24) is 0 Å². The average Bonchev–Trinajstić information content (AvgIpc) is 2.19. The first kappa shape index (κ1) is 14.0. The molecule has 0 spiro atoms. The van der Waals surface area contributed by atoms with Gasteiger partial charge in [-0.15, -0.1) is 0 Å². The molecule has 0 aromatic heterocycles. The van der Waals surface area contributed by atoms with Crippen LogP contribution in [0.2, 0.25) is 0 Å². The molecule has 1 aromatic carbocycles. The van der Waals surface area contributed by atoms with Crippen LogP contribution in [0.1, 0.15) is 20.8 Å². The van der Waals surface area contributed by atoms with Crippen LogP contribution in [-0.4, -0.2) is 17.3 Å². The Bertz CT molecular complexity index is 364. The molecule has 0 amide bonds. The predicted molar refractivity (Wildman–Crippen MR) is 75.8 cm³/mol. The summed E-state index contributed by atoms with van der Waals surface area (Å²) in [5.74, 6) is 0.214. The van der Waals surface area contributed by atoms with E-state index >= 15 is 0 Å². The van der Waals surface area contributed by atoms with Gasteiger partial charge in [0, 0.05) is 21.2 Å². The van der Waals surface area contributed by atoms with Crippen LogP contribution in [0.4, 0.5) is 5.69 Å². The summed E-state index contributed by atoms with van der Waals surface area (Å²) < 4.78 is 2.01. The van der Waals surface area contributed by atoms with Gasteiger partial charge in [-0.2, -0.15) is 0 Å². The highest BCUT2D eigenvalue weighted by molar-refractivity contribution is 9.11. The van der Waals surface area contributed by atoms with Crippen LogP contribution in [0.3, 0.4) is 0 Å². The van der Waals surface area contributed by atoms with E-state index in [-0.39, 0.29) is 5.92 Å². The highest BCUT2D eigenvalue weighted by Crippen LogP contribution is 2.27. The third kappa shape index (κ3) is 3.75. The zero-order chi connectivity index (χ0) is 12.3. The molecule has 4 heteroatoms. The Balaban J connectivity index is 2.71. The fourth-order valence-electron chi connectivity index (χ4n) is 1.11. The minimum atomic E-state index is -0.707. The van der Waals surface area contributed by atoms with Crippen LogP contribution in [0, 0.1) is 5.92 Å². The fourth-order valence-corrected chi connectivity index (χ4v) is 1.86.